The number of ether oxygens (including phenoxy) is 1. The van der Waals surface area contributed by atoms with E-state index in [0.717, 1.165) is 0 Å². The summed E-state index contributed by atoms with van der Waals surface area (Å²) in [7, 11) is -3.80. The van der Waals surface area contributed by atoms with E-state index >= 15 is 0 Å². The predicted molar refractivity (Wildman–Crippen MR) is 94.2 cm³/mol. The monoisotopic (exact) mass is 404 g/mol. The quantitative estimate of drug-likeness (QED) is 0.679. The number of aromatic hydroxyl groups is 1. The standard InChI is InChI=1S/C18H13BrO4S/c19-17-15(20)11-12-16(18(17)23-13-7-3-1-4-8-13)24(21,22)14-9-5-2-6-10-14/h1-12,20H. The summed E-state index contributed by atoms with van der Waals surface area (Å²) in [6.45, 7) is 0. The highest BCUT2D eigenvalue weighted by Gasteiger charge is 2.25. The first-order chi connectivity index (χ1) is 11.5. The Hall–Kier alpha value is -2.31. The lowest BCUT2D eigenvalue weighted by Gasteiger charge is -2.14. The first kappa shape index (κ1) is 16.5. The highest BCUT2D eigenvalue weighted by atomic mass is 79.9. The summed E-state index contributed by atoms with van der Waals surface area (Å²) in [6.07, 6.45) is 0. The van der Waals surface area contributed by atoms with Crippen molar-refractivity contribution in [2.45, 2.75) is 9.79 Å². The molecule has 0 radical (unpaired) electrons. The molecule has 0 heterocycles. The van der Waals surface area contributed by atoms with Gasteiger partial charge < -0.3 is 9.84 Å². The van der Waals surface area contributed by atoms with Gasteiger partial charge >= 0.3 is 0 Å². The molecule has 0 aliphatic heterocycles. The van der Waals surface area contributed by atoms with Crippen molar-refractivity contribution >= 4 is 25.8 Å². The average Bonchev–Trinajstić information content (AvgIpc) is 2.60. The molecule has 0 amide bonds. The van der Waals surface area contributed by atoms with E-state index in [1.807, 2.05) is 6.07 Å². The Morgan fingerprint density at radius 2 is 1.42 bits per heavy atom. The van der Waals surface area contributed by atoms with Crippen LogP contribution in [0.15, 0.2) is 87.1 Å². The molecule has 1 N–H and O–H groups in total. The summed E-state index contributed by atoms with van der Waals surface area (Å²) in [5.74, 6) is 0.409. The Morgan fingerprint density at radius 1 is 0.833 bits per heavy atom. The first-order valence-corrected chi connectivity index (χ1v) is 9.32. The van der Waals surface area contributed by atoms with Crippen molar-refractivity contribution in [1.82, 2.24) is 0 Å². The summed E-state index contributed by atoms with van der Waals surface area (Å²) in [5, 5.41) is 9.92. The summed E-state index contributed by atoms with van der Waals surface area (Å²) < 4.78 is 31.8. The van der Waals surface area contributed by atoms with E-state index in [2.05, 4.69) is 15.9 Å². The lowest BCUT2D eigenvalue weighted by Crippen LogP contribution is -2.04. The molecule has 6 heteroatoms. The Bertz CT molecular complexity index is 955. The number of rotatable bonds is 4. The Labute approximate surface area is 148 Å². The van der Waals surface area contributed by atoms with Gasteiger partial charge in [0.15, 0.2) is 5.75 Å². The van der Waals surface area contributed by atoms with E-state index < -0.39 is 9.84 Å². The van der Waals surface area contributed by atoms with Crippen molar-refractivity contribution in [2.24, 2.45) is 0 Å². The molecule has 0 atom stereocenters. The lowest BCUT2D eigenvalue weighted by molar-refractivity contribution is 0.440. The lowest BCUT2D eigenvalue weighted by atomic mass is 10.3. The van der Waals surface area contributed by atoms with Crippen molar-refractivity contribution in [1.29, 1.82) is 0 Å². The van der Waals surface area contributed by atoms with E-state index in [1.54, 1.807) is 42.5 Å². The van der Waals surface area contributed by atoms with E-state index in [1.165, 1.54) is 24.3 Å². The summed E-state index contributed by atoms with van der Waals surface area (Å²) in [6, 6.07) is 19.5. The molecular weight excluding hydrogens is 392 g/mol. The zero-order chi connectivity index (χ0) is 17.2. The van der Waals surface area contributed by atoms with Gasteiger partial charge in [0.05, 0.1) is 4.90 Å². The number of halogens is 1. The zero-order valence-electron chi connectivity index (χ0n) is 12.4. The van der Waals surface area contributed by atoms with Gasteiger partial charge in [-0.2, -0.15) is 0 Å². The second-order valence-corrected chi connectivity index (χ2v) is 7.67. The third-order valence-electron chi connectivity index (χ3n) is 3.35. The van der Waals surface area contributed by atoms with Crippen LogP contribution in [0, 0.1) is 0 Å². The molecule has 3 aromatic carbocycles. The maximum atomic E-state index is 12.9. The minimum Gasteiger partial charge on any atom is -0.507 e. The second-order valence-electron chi connectivity index (χ2n) is 4.96. The van der Waals surface area contributed by atoms with Crippen LogP contribution in [0.4, 0.5) is 0 Å². The van der Waals surface area contributed by atoms with Gasteiger partial charge in [0.2, 0.25) is 9.84 Å². The third-order valence-corrected chi connectivity index (χ3v) is 5.91. The van der Waals surface area contributed by atoms with Crippen molar-refractivity contribution in [3.05, 3.63) is 77.3 Å². The van der Waals surface area contributed by atoms with E-state index in [9.17, 15) is 13.5 Å². The SMILES string of the molecule is O=S(=O)(c1ccccc1)c1ccc(O)c(Br)c1Oc1ccccc1. The Balaban J connectivity index is 2.17. The van der Waals surface area contributed by atoms with Crippen LogP contribution in [0.25, 0.3) is 0 Å². The number of para-hydroxylation sites is 1. The highest BCUT2D eigenvalue weighted by Crippen LogP contribution is 2.42. The molecule has 24 heavy (non-hydrogen) atoms. The molecule has 0 spiro atoms. The molecule has 0 aliphatic rings. The van der Waals surface area contributed by atoms with E-state index in [-0.39, 0.29) is 25.8 Å². The molecule has 0 bridgehead atoms. The molecular formula is C18H13BrO4S. The predicted octanol–water partition coefficient (Wildman–Crippen LogP) is 4.78. The highest BCUT2D eigenvalue weighted by molar-refractivity contribution is 9.10. The molecule has 0 unspecified atom stereocenters. The van der Waals surface area contributed by atoms with Gasteiger partial charge in [-0.15, -0.1) is 0 Å². The van der Waals surface area contributed by atoms with Gasteiger partial charge in [0, 0.05) is 0 Å². The number of phenols is 1. The Kier molecular flexibility index (Phi) is 4.59. The van der Waals surface area contributed by atoms with Gasteiger partial charge in [0.25, 0.3) is 0 Å². The minimum absolute atomic E-state index is 0.0257. The summed E-state index contributed by atoms with van der Waals surface area (Å²) in [5.41, 5.74) is 0. The fourth-order valence-electron chi connectivity index (χ4n) is 2.17. The van der Waals surface area contributed by atoms with Crippen LogP contribution in [0.3, 0.4) is 0 Å². The molecule has 0 saturated heterocycles. The van der Waals surface area contributed by atoms with Gasteiger partial charge in [-0.05, 0) is 52.3 Å². The molecule has 3 rings (SSSR count). The molecule has 4 nitrogen and oxygen atoms in total. The van der Waals surface area contributed by atoms with E-state index in [0.29, 0.717) is 5.75 Å². The molecule has 0 aromatic heterocycles. The molecule has 0 aliphatic carbocycles. The van der Waals surface area contributed by atoms with Crippen LogP contribution in [0.5, 0.6) is 17.2 Å². The fourth-order valence-corrected chi connectivity index (χ4v) is 4.13. The van der Waals surface area contributed by atoms with Gasteiger partial charge in [0.1, 0.15) is 20.9 Å². The van der Waals surface area contributed by atoms with Crippen LogP contribution in [-0.2, 0) is 9.84 Å². The first-order valence-electron chi connectivity index (χ1n) is 7.04. The zero-order valence-corrected chi connectivity index (χ0v) is 14.8. The largest absolute Gasteiger partial charge is 0.507 e. The van der Waals surface area contributed by atoms with Crippen LogP contribution in [-0.4, -0.2) is 13.5 Å². The molecule has 122 valence electrons. The van der Waals surface area contributed by atoms with E-state index in [4.69, 9.17) is 4.74 Å². The van der Waals surface area contributed by atoms with Crippen molar-refractivity contribution < 1.29 is 18.3 Å². The van der Waals surface area contributed by atoms with Crippen molar-refractivity contribution in [3.8, 4) is 17.2 Å². The molecule has 3 aromatic rings. The number of phenolic OH excluding ortho intramolecular Hbond substituents is 1. The average molecular weight is 405 g/mol. The van der Waals surface area contributed by atoms with Gasteiger partial charge in [-0.1, -0.05) is 36.4 Å². The smallest absolute Gasteiger partial charge is 0.210 e. The molecule has 0 saturated carbocycles. The van der Waals surface area contributed by atoms with Crippen LogP contribution >= 0.6 is 15.9 Å². The Morgan fingerprint density at radius 3 is 2.04 bits per heavy atom. The number of sulfone groups is 1. The second kappa shape index (κ2) is 6.67. The maximum absolute atomic E-state index is 12.9. The number of hydrogen-bond donors (Lipinski definition) is 1. The van der Waals surface area contributed by atoms with Crippen LogP contribution in [0.1, 0.15) is 0 Å². The summed E-state index contributed by atoms with van der Waals surface area (Å²) >= 11 is 3.21. The maximum Gasteiger partial charge on any atom is 0.210 e. The van der Waals surface area contributed by atoms with Crippen molar-refractivity contribution in [2.75, 3.05) is 0 Å². The van der Waals surface area contributed by atoms with Crippen molar-refractivity contribution in [3.63, 3.8) is 0 Å². The summed E-state index contributed by atoms with van der Waals surface area (Å²) in [4.78, 5) is 0.128. The molecule has 0 fully saturated rings. The number of hydrogen-bond acceptors (Lipinski definition) is 4. The van der Waals surface area contributed by atoms with Gasteiger partial charge in [-0.3, -0.25) is 0 Å². The number of benzene rings is 3. The minimum atomic E-state index is -3.80. The normalized spacial score (nSPS) is 11.2. The van der Waals surface area contributed by atoms with Gasteiger partial charge in [-0.25, -0.2) is 8.42 Å². The third kappa shape index (κ3) is 3.16. The van der Waals surface area contributed by atoms with Crippen LogP contribution < -0.4 is 4.74 Å². The topological polar surface area (TPSA) is 63.6 Å². The fraction of sp³-hybridized carbons (Fsp3) is 0. The van der Waals surface area contributed by atoms with Crippen LogP contribution in [0.2, 0.25) is 0 Å².